The van der Waals surface area contributed by atoms with E-state index in [1.54, 1.807) is 0 Å². The molecule has 0 aliphatic rings. The number of nitrogens with zero attached hydrogens (tertiary/aromatic N) is 4. The normalized spacial score (nSPS) is 12.3. The predicted molar refractivity (Wildman–Crippen MR) is 66.9 cm³/mol. The largest absolute Gasteiger partial charge is 0.476 e. The Labute approximate surface area is 105 Å². The van der Waals surface area contributed by atoms with E-state index in [0.717, 1.165) is 0 Å². The predicted octanol–water partition coefficient (Wildman–Crippen LogP) is 0.755. The Morgan fingerprint density at radius 2 is 2.22 bits per heavy atom. The van der Waals surface area contributed by atoms with Crippen LogP contribution in [0.15, 0.2) is 6.33 Å². The molecule has 1 unspecified atom stereocenters. The van der Waals surface area contributed by atoms with Crippen LogP contribution in [0.3, 0.4) is 0 Å². The molecule has 8 nitrogen and oxygen atoms in total. The fourth-order valence-electron chi connectivity index (χ4n) is 1.23. The highest BCUT2D eigenvalue weighted by atomic mass is 16.6. The molecule has 0 spiro atoms. The second-order valence-corrected chi connectivity index (χ2v) is 4.03. The van der Waals surface area contributed by atoms with Crippen LogP contribution in [-0.2, 0) is 0 Å². The lowest BCUT2D eigenvalue weighted by atomic mass is 10.3. The third-order valence-corrected chi connectivity index (χ3v) is 2.61. The van der Waals surface area contributed by atoms with Crippen LogP contribution in [0.2, 0.25) is 0 Å². The maximum Gasteiger partial charge on any atom is 0.372 e. The molecule has 0 saturated carbocycles. The highest BCUT2D eigenvalue weighted by Gasteiger charge is 2.23. The fourth-order valence-corrected chi connectivity index (χ4v) is 1.23. The van der Waals surface area contributed by atoms with Crippen molar-refractivity contribution >= 4 is 11.5 Å². The Balaban J connectivity index is 2.91. The van der Waals surface area contributed by atoms with Crippen LogP contribution in [0, 0.1) is 10.1 Å². The summed E-state index contributed by atoms with van der Waals surface area (Å²) < 4.78 is 4.86. The van der Waals surface area contributed by atoms with Gasteiger partial charge < -0.3 is 15.0 Å². The number of hydrogen-bond donors (Lipinski definition) is 1. The fraction of sp³-hybridized carbons (Fsp3) is 0.600. The molecule has 1 rings (SSSR count). The first-order valence-corrected chi connectivity index (χ1v) is 5.41. The van der Waals surface area contributed by atoms with E-state index in [0.29, 0.717) is 6.54 Å². The molecule has 1 aromatic heterocycles. The molecular formula is C10H17N5O3. The van der Waals surface area contributed by atoms with Gasteiger partial charge in [0.25, 0.3) is 5.88 Å². The number of nitrogens with one attached hydrogen (secondary N) is 1. The standard InChI is InChI=1S/C10H17N5O3/c1-7(14(2)3)5-11-9-8(15(16)17)10(18-4)13-6-12-9/h6-7H,5H2,1-4H3,(H,11,12,13). The van der Waals surface area contributed by atoms with Gasteiger partial charge in [-0.25, -0.2) is 4.98 Å². The van der Waals surface area contributed by atoms with Gasteiger partial charge in [-0.15, -0.1) is 0 Å². The van der Waals surface area contributed by atoms with E-state index in [1.165, 1.54) is 13.4 Å². The van der Waals surface area contributed by atoms with Crippen molar-refractivity contribution in [3.05, 3.63) is 16.4 Å². The zero-order valence-electron chi connectivity index (χ0n) is 10.9. The van der Waals surface area contributed by atoms with Crippen molar-refractivity contribution < 1.29 is 9.66 Å². The molecule has 0 aliphatic carbocycles. The van der Waals surface area contributed by atoms with Gasteiger partial charge >= 0.3 is 5.69 Å². The van der Waals surface area contributed by atoms with Crippen LogP contribution >= 0.6 is 0 Å². The second-order valence-electron chi connectivity index (χ2n) is 4.03. The first kappa shape index (κ1) is 14.1. The molecule has 8 heteroatoms. The van der Waals surface area contributed by atoms with E-state index in [9.17, 15) is 10.1 Å². The summed E-state index contributed by atoms with van der Waals surface area (Å²) in [4.78, 5) is 20.0. The number of aromatic nitrogens is 2. The van der Waals surface area contributed by atoms with Gasteiger partial charge in [-0.3, -0.25) is 10.1 Å². The van der Waals surface area contributed by atoms with Gasteiger partial charge in [0, 0.05) is 12.6 Å². The third-order valence-electron chi connectivity index (χ3n) is 2.61. The second kappa shape index (κ2) is 6.10. The molecule has 0 bridgehead atoms. The summed E-state index contributed by atoms with van der Waals surface area (Å²) in [5, 5.41) is 13.9. The average Bonchev–Trinajstić information content (AvgIpc) is 2.34. The molecule has 1 N–H and O–H groups in total. The van der Waals surface area contributed by atoms with Crippen molar-refractivity contribution in [2.45, 2.75) is 13.0 Å². The maximum atomic E-state index is 11.0. The molecule has 1 heterocycles. The molecule has 1 aromatic rings. The minimum absolute atomic E-state index is 0.0463. The average molecular weight is 255 g/mol. The van der Waals surface area contributed by atoms with Crippen LogP contribution in [0.5, 0.6) is 5.88 Å². The number of ether oxygens (including phenoxy) is 1. The molecule has 0 radical (unpaired) electrons. The molecule has 0 amide bonds. The van der Waals surface area contributed by atoms with Crippen LogP contribution in [-0.4, -0.2) is 53.6 Å². The van der Waals surface area contributed by atoms with E-state index in [-0.39, 0.29) is 23.4 Å². The monoisotopic (exact) mass is 255 g/mol. The Kier molecular flexibility index (Phi) is 4.78. The molecule has 1 atom stereocenters. The molecule has 18 heavy (non-hydrogen) atoms. The van der Waals surface area contributed by atoms with Crippen LogP contribution in [0.1, 0.15) is 6.92 Å². The van der Waals surface area contributed by atoms with Crippen molar-refractivity contribution in [2.75, 3.05) is 33.1 Å². The summed E-state index contributed by atoms with van der Waals surface area (Å²) >= 11 is 0. The van der Waals surface area contributed by atoms with Gasteiger partial charge in [0.1, 0.15) is 6.33 Å². The molecule has 100 valence electrons. The molecule has 0 saturated heterocycles. The minimum Gasteiger partial charge on any atom is -0.476 e. The molecule has 0 aromatic carbocycles. The number of rotatable bonds is 6. The van der Waals surface area contributed by atoms with Crippen molar-refractivity contribution in [3.8, 4) is 5.88 Å². The van der Waals surface area contributed by atoms with E-state index >= 15 is 0 Å². The van der Waals surface area contributed by atoms with E-state index in [1.807, 2.05) is 25.9 Å². The van der Waals surface area contributed by atoms with Crippen molar-refractivity contribution in [3.63, 3.8) is 0 Å². The minimum atomic E-state index is -0.554. The number of anilines is 1. The SMILES string of the molecule is COc1ncnc(NCC(C)N(C)C)c1[N+](=O)[O-]. The van der Waals surface area contributed by atoms with Gasteiger partial charge in [0.2, 0.25) is 5.82 Å². The van der Waals surface area contributed by atoms with Gasteiger partial charge in [-0.2, -0.15) is 4.98 Å². The van der Waals surface area contributed by atoms with Crippen LogP contribution < -0.4 is 10.1 Å². The number of hydrogen-bond acceptors (Lipinski definition) is 7. The highest BCUT2D eigenvalue weighted by Crippen LogP contribution is 2.30. The van der Waals surface area contributed by atoms with Crippen molar-refractivity contribution in [2.24, 2.45) is 0 Å². The lowest BCUT2D eigenvalue weighted by Crippen LogP contribution is -2.31. The summed E-state index contributed by atoms with van der Waals surface area (Å²) in [5.41, 5.74) is -0.244. The first-order valence-electron chi connectivity index (χ1n) is 5.41. The summed E-state index contributed by atoms with van der Waals surface area (Å²) in [6.45, 7) is 2.53. The van der Waals surface area contributed by atoms with Gasteiger partial charge in [0.05, 0.1) is 12.0 Å². The Morgan fingerprint density at radius 1 is 1.56 bits per heavy atom. The smallest absolute Gasteiger partial charge is 0.372 e. The Hall–Kier alpha value is -1.96. The van der Waals surface area contributed by atoms with Crippen LogP contribution in [0.4, 0.5) is 11.5 Å². The third kappa shape index (κ3) is 3.27. The topological polar surface area (TPSA) is 93.4 Å². The molecule has 0 aliphatic heterocycles. The Morgan fingerprint density at radius 3 is 2.72 bits per heavy atom. The molecule has 0 fully saturated rings. The maximum absolute atomic E-state index is 11.0. The van der Waals surface area contributed by atoms with E-state index in [2.05, 4.69) is 15.3 Å². The lowest BCUT2D eigenvalue weighted by molar-refractivity contribution is -0.385. The molecular weight excluding hydrogens is 238 g/mol. The van der Waals surface area contributed by atoms with Gasteiger partial charge in [-0.1, -0.05) is 0 Å². The van der Waals surface area contributed by atoms with Gasteiger partial charge in [-0.05, 0) is 21.0 Å². The zero-order chi connectivity index (χ0) is 13.7. The van der Waals surface area contributed by atoms with E-state index < -0.39 is 4.92 Å². The lowest BCUT2D eigenvalue weighted by Gasteiger charge is -2.20. The van der Waals surface area contributed by atoms with E-state index in [4.69, 9.17) is 4.74 Å². The summed E-state index contributed by atoms with van der Waals surface area (Å²) in [6.07, 6.45) is 1.23. The van der Waals surface area contributed by atoms with Crippen LogP contribution in [0.25, 0.3) is 0 Å². The van der Waals surface area contributed by atoms with Gasteiger partial charge in [0.15, 0.2) is 0 Å². The summed E-state index contributed by atoms with van der Waals surface area (Å²) in [6, 6.07) is 0.213. The number of likely N-dealkylation sites (N-methyl/N-ethyl adjacent to an activating group) is 1. The quantitative estimate of drug-likeness (QED) is 0.592. The highest BCUT2D eigenvalue weighted by molar-refractivity contribution is 5.61. The summed E-state index contributed by atoms with van der Waals surface area (Å²) in [5.74, 6) is 0.121. The zero-order valence-corrected chi connectivity index (χ0v) is 10.9. The first-order chi connectivity index (χ1) is 8.47. The van der Waals surface area contributed by atoms with Crippen molar-refractivity contribution in [1.29, 1.82) is 0 Å². The number of nitro groups is 1. The van der Waals surface area contributed by atoms with Crippen molar-refractivity contribution in [1.82, 2.24) is 14.9 Å². The number of methoxy groups -OCH3 is 1. The summed E-state index contributed by atoms with van der Waals surface area (Å²) in [7, 11) is 5.20. The Bertz CT molecular complexity index is 424.